The first-order valence-electron chi connectivity index (χ1n) is 8.50. The fourth-order valence-electron chi connectivity index (χ4n) is 2.84. The number of hydrogen-bond acceptors (Lipinski definition) is 4. The van der Waals surface area contributed by atoms with Gasteiger partial charge in [0.2, 0.25) is 5.91 Å². The van der Waals surface area contributed by atoms with Crippen LogP contribution in [-0.4, -0.2) is 69.2 Å². The van der Waals surface area contributed by atoms with Crippen molar-refractivity contribution in [3.63, 3.8) is 0 Å². The lowest BCUT2D eigenvalue weighted by atomic mass is 9.97. The maximum absolute atomic E-state index is 12.5. The molecule has 0 unspecified atom stereocenters. The van der Waals surface area contributed by atoms with E-state index < -0.39 is 0 Å². The van der Waals surface area contributed by atoms with Gasteiger partial charge in [0.05, 0.1) is 12.5 Å². The monoisotopic (exact) mass is 349 g/mol. The van der Waals surface area contributed by atoms with Crippen molar-refractivity contribution in [1.82, 2.24) is 9.80 Å². The molecule has 0 radical (unpaired) electrons. The minimum absolute atomic E-state index is 0.0750. The first kappa shape index (κ1) is 19.1. The highest BCUT2D eigenvalue weighted by Crippen LogP contribution is 2.21. The molecule has 7 heteroatoms. The number of nitrogens with zero attached hydrogens (tertiary/aromatic N) is 2. The third kappa shape index (κ3) is 5.63. The summed E-state index contributed by atoms with van der Waals surface area (Å²) in [5.74, 6) is 0.624. The first-order chi connectivity index (χ1) is 12.0. The van der Waals surface area contributed by atoms with Gasteiger partial charge in [-0.2, -0.15) is 0 Å². The van der Waals surface area contributed by atoms with Gasteiger partial charge >= 0.3 is 6.03 Å². The van der Waals surface area contributed by atoms with Crippen LogP contribution in [0.3, 0.4) is 0 Å². The van der Waals surface area contributed by atoms with E-state index in [0.717, 1.165) is 12.8 Å². The van der Waals surface area contributed by atoms with Crippen LogP contribution in [0.25, 0.3) is 0 Å². The predicted molar refractivity (Wildman–Crippen MR) is 95.8 cm³/mol. The van der Waals surface area contributed by atoms with Gasteiger partial charge in [-0.25, -0.2) is 4.79 Å². The maximum Gasteiger partial charge on any atom is 0.321 e. The zero-order valence-electron chi connectivity index (χ0n) is 15.2. The molecule has 1 aromatic carbocycles. The summed E-state index contributed by atoms with van der Waals surface area (Å²) in [6, 6.07) is 7.06. The van der Waals surface area contributed by atoms with E-state index in [2.05, 4.69) is 5.32 Å². The number of piperidine rings is 1. The second-order valence-corrected chi connectivity index (χ2v) is 6.32. The molecule has 0 bridgehead atoms. The third-order valence-corrected chi connectivity index (χ3v) is 4.14. The standard InChI is InChI=1S/C18H27N3O4/c1-20(2)17(22)14-6-5-9-21(13-14)18(23)19-15-7-4-8-16(12-15)25-11-10-24-3/h4,7-8,12,14H,5-6,9-11,13H2,1-3H3,(H,19,23)/t14-/m0/s1. The second kappa shape index (κ2) is 9.27. The van der Waals surface area contributed by atoms with Gasteiger partial charge < -0.3 is 24.6 Å². The highest BCUT2D eigenvalue weighted by molar-refractivity contribution is 5.90. The highest BCUT2D eigenvalue weighted by Gasteiger charge is 2.29. The number of carbonyl (C=O) groups is 2. The van der Waals surface area contributed by atoms with Crippen molar-refractivity contribution in [2.24, 2.45) is 5.92 Å². The lowest BCUT2D eigenvalue weighted by Crippen LogP contribution is -2.46. The maximum atomic E-state index is 12.5. The van der Waals surface area contributed by atoms with Crippen LogP contribution in [0.4, 0.5) is 10.5 Å². The molecule has 1 N–H and O–H groups in total. The molecule has 1 heterocycles. The van der Waals surface area contributed by atoms with Crippen LogP contribution in [0.15, 0.2) is 24.3 Å². The quantitative estimate of drug-likeness (QED) is 0.798. The van der Waals surface area contributed by atoms with Crippen molar-refractivity contribution in [3.05, 3.63) is 24.3 Å². The number of hydrogen-bond donors (Lipinski definition) is 1. The van der Waals surface area contributed by atoms with Gasteiger partial charge in [-0.1, -0.05) is 6.07 Å². The normalized spacial score (nSPS) is 17.1. The third-order valence-electron chi connectivity index (χ3n) is 4.14. The molecule has 0 spiro atoms. The van der Waals surface area contributed by atoms with Gasteiger partial charge in [0.15, 0.2) is 0 Å². The summed E-state index contributed by atoms with van der Waals surface area (Å²) in [5.41, 5.74) is 0.668. The minimum atomic E-state index is -0.190. The SMILES string of the molecule is COCCOc1cccc(NC(=O)N2CCC[C@H](C(=O)N(C)C)C2)c1. The van der Waals surface area contributed by atoms with Crippen molar-refractivity contribution in [1.29, 1.82) is 0 Å². The van der Waals surface area contributed by atoms with Crippen LogP contribution in [0.5, 0.6) is 5.75 Å². The van der Waals surface area contributed by atoms with Crippen molar-refractivity contribution < 1.29 is 19.1 Å². The second-order valence-electron chi connectivity index (χ2n) is 6.32. The van der Waals surface area contributed by atoms with E-state index in [1.54, 1.807) is 37.1 Å². The molecule has 0 aromatic heterocycles. The number of likely N-dealkylation sites (tertiary alicyclic amines) is 1. The Labute approximate surface area is 148 Å². The van der Waals surface area contributed by atoms with E-state index >= 15 is 0 Å². The molecule has 0 saturated carbocycles. The summed E-state index contributed by atoms with van der Waals surface area (Å²) in [4.78, 5) is 27.9. The van der Waals surface area contributed by atoms with Crippen LogP contribution >= 0.6 is 0 Å². The Hall–Kier alpha value is -2.28. The Kier molecular flexibility index (Phi) is 7.06. The smallest absolute Gasteiger partial charge is 0.321 e. The summed E-state index contributed by atoms with van der Waals surface area (Å²) >= 11 is 0. The van der Waals surface area contributed by atoms with Gasteiger partial charge in [-0.15, -0.1) is 0 Å². The Morgan fingerprint density at radius 1 is 1.32 bits per heavy atom. The van der Waals surface area contributed by atoms with E-state index in [9.17, 15) is 9.59 Å². The molecule has 1 atom stereocenters. The number of urea groups is 1. The van der Waals surface area contributed by atoms with E-state index in [1.165, 1.54) is 0 Å². The highest BCUT2D eigenvalue weighted by atomic mass is 16.5. The van der Waals surface area contributed by atoms with Crippen molar-refractivity contribution in [3.8, 4) is 5.75 Å². The van der Waals surface area contributed by atoms with Crippen molar-refractivity contribution in [2.45, 2.75) is 12.8 Å². The number of nitrogens with one attached hydrogen (secondary N) is 1. The van der Waals surface area contributed by atoms with Crippen LogP contribution in [-0.2, 0) is 9.53 Å². The molecule has 1 fully saturated rings. The zero-order valence-corrected chi connectivity index (χ0v) is 15.2. The minimum Gasteiger partial charge on any atom is -0.491 e. The molecule has 138 valence electrons. The molecule has 1 aliphatic rings. The molecule has 2 rings (SSSR count). The molecule has 1 aromatic rings. The van der Waals surface area contributed by atoms with Crippen molar-refractivity contribution in [2.75, 3.05) is 52.8 Å². The lowest BCUT2D eigenvalue weighted by Gasteiger charge is -2.33. The summed E-state index contributed by atoms with van der Waals surface area (Å²) < 4.78 is 10.5. The number of ether oxygens (including phenoxy) is 2. The molecule has 1 aliphatic heterocycles. The average molecular weight is 349 g/mol. The number of carbonyl (C=O) groups excluding carboxylic acids is 2. The van der Waals surface area contributed by atoms with Crippen LogP contribution < -0.4 is 10.1 Å². The molecular formula is C18H27N3O4. The average Bonchev–Trinajstić information content (AvgIpc) is 2.61. The van der Waals surface area contributed by atoms with E-state index in [0.29, 0.717) is 37.7 Å². The van der Waals surface area contributed by atoms with E-state index in [-0.39, 0.29) is 17.9 Å². The zero-order chi connectivity index (χ0) is 18.2. The number of methoxy groups -OCH3 is 1. The Morgan fingerprint density at radius 2 is 2.12 bits per heavy atom. The number of rotatable bonds is 6. The molecule has 0 aliphatic carbocycles. The first-order valence-corrected chi connectivity index (χ1v) is 8.50. The molecule has 7 nitrogen and oxygen atoms in total. The predicted octanol–water partition coefficient (Wildman–Crippen LogP) is 2.04. The molecule has 1 saturated heterocycles. The van der Waals surface area contributed by atoms with Crippen LogP contribution in [0, 0.1) is 5.92 Å². The van der Waals surface area contributed by atoms with E-state index in [1.807, 2.05) is 18.2 Å². The fraction of sp³-hybridized carbons (Fsp3) is 0.556. The lowest BCUT2D eigenvalue weighted by molar-refractivity contribution is -0.134. The Balaban J connectivity index is 1.92. The number of amides is 3. The largest absolute Gasteiger partial charge is 0.491 e. The summed E-state index contributed by atoms with van der Waals surface area (Å²) in [6.07, 6.45) is 1.65. The van der Waals surface area contributed by atoms with Gasteiger partial charge in [0.1, 0.15) is 12.4 Å². The molecule has 3 amide bonds. The van der Waals surface area contributed by atoms with Gasteiger partial charge in [0.25, 0.3) is 0 Å². The van der Waals surface area contributed by atoms with Crippen LogP contribution in [0.2, 0.25) is 0 Å². The summed E-state index contributed by atoms with van der Waals surface area (Å²) in [6.45, 7) is 2.07. The van der Waals surface area contributed by atoms with Gasteiger partial charge in [-0.05, 0) is 25.0 Å². The van der Waals surface area contributed by atoms with E-state index in [4.69, 9.17) is 9.47 Å². The van der Waals surface area contributed by atoms with Gasteiger partial charge in [0, 0.05) is 46.0 Å². The molecular weight excluding hydrogens is 322 g/mol. The Bertz CT molecular complexity index is 591. The molecule has 25 heavy (non-hydrogen) atoms. The Morgan fingerprint density at radius 3 is 2.84 bits per heavy atom. The van der Waals surface area contributed by atoms with Gasteiger partial charge in [-0.3, -0.25) is 4.79 Å². The summed E-state index contributed by atoms with van der Waals surface area (Å²) in [5, 5.41) is 2.88. The number of benzene rings is 1. The van der Waals surface area contributed by atoms with Crippen molar-refractivity contribution >= 4 is 17.6 Å². The summed E-state index contributed by atoms with van der Waals surface area (Å²) in [7, 11) is 5.11. The number of anilines is 1. The van der Waals surface area contributed by atoms with Crippen LogP contribution in [0.1, 0.15) is 12.8 Å². The fourth-order valence-corrected chi connectivity index (χ4v) is 2.84. The topological polar surface area (TPSA) is 71.1 Å².